The first-order valence-electron chi connectivity index (χ1n) is 10.2. The summed E-state index contributed by atoms with van der Waals surface area (Å²) in [4.78, 5) is 57.6. The van der Waals surface area contributed by atoms with E-state index in [-0.39, 0.29) is 62.2 Å². The molecule has 0 aromatic rings. The predicted octanol–water partition coefficient (Wildman–Crippen LogP) is 1.34. The largest absolute Gasteiger partial charge is 0.469 e. The molecule has 2 N–H and O–H groups in total. The Morgan fingerprint density at radius 1 is 0.853 bits per heavy atom. The van der Waals surface area contributed by atoms with Crippen LogP contribution in [-0.4, -0.2) is 87.7 Å². The maximum atomic E-state index is 12.0. The van der Waals surface area contributed by atoms with E-state index < -0.39 is 30.2 Å². The lowest BCUT2D eigenvalue weighted by molar-refractivity contribution is -0.140. The van der Waals surface area contributed by atoms with Crippen molar-refractivity contribution in [2.75, 3.05) is 51.5 Å². The molecular weight excluding hydrogens is 472 g/mol. The number of methoxy groups -OCH3 is 1. The molecule has 12 nitrogen and oxygen atoms in total. The second kappa shape index (κ2) is 18.2. The summed E-state index contributed by atoms with van der Waals surface area (Å²) in [7, 11) is 1.28. The first kappa shape index (κ1) is 30.8. The van der Waals surface area contributed by atoms with Crippen LogP contribution in [0, 0.1) is 0 Å². The van der Waals surface area contributed by atoms with Gasteiger partial charge in [-0.3, -0.25) is 4.79 Å². The fraction of sp³-hybridized carbons (Fsp3) is 0.571. The zero-order valence-electron chi connectivity index (χ0n) is 19.6. The molecule has 1 atom stereocenters. The van der Waals surface area contributed by atoms with Gasteiger partial charge in [0.05, 0.1) is 26.6 Å². The summed E-state index contributed by atoms with van der Waals surface area (Å²) < 4.78 is 24.5. The van der Waals surface area contributed by atoms with Crippen molar-refractivity contribution in [3.05, 3.63) is 24.3 Å². The fourth-order valence-electron chi connectivity index (χ4n) is 1.84. The normalized spacial score (nSPS) is 10.8. The van der Waals surface area contributed by atoms with E-state index in [0.29, 0.717) is 5.75 Å². The molecule has 0 fully saturated rings. The molecule has 1 unspecified atom stereocenters. The van der Waals surface area contributed by atoms with E-state index in [2.05, 4.69) is 28.5 Å². The Morgan fingerprint density at radius 3 is 1.88 bits per heavy atom. The van der Waals surface area contributed by atoms with Crippen molar-refractivity contribution in [3.63, 3.8) is 0 Å². The van der Waals surface area contributed by atoms with Crippen LogP contribution >= 0.6 is 11.8 Å². The van der Waals surface area contributed by atoms with Crippen LogP contribution in [0.4, 0.5) is 9.59 Å². The molecule has 0 saturated carbocycles. The van der Waals surface area contributed by atoms with Crippen molar-refractivity contribution in [1.29, 1.82) is 0 Å². The van der Waals surface area contributed by atoms with Gasteiger partial charge in [0.2, 0.25) is 0 Å². The fourth-order valence-corrected chi connectivity index (χ4v) is 2.75. The molecule has 0 rings (SSSR count). The number of hydrogen-bond donors (Lipinski definition) is 2. The van der Waals surface area contributed by atoms with Crippen LogP contribution in [0.3, 0.4) is 0 Å². The van der Waals surface area contributed by atoms with Gasteiger partial charge in [0.1, 0.15) is 25.9 Å². The van der Waals surface area contributed by atoms with Gasteiger partial charge in [0.15, 0.2) is 0 Å². The van der Waals surface area contributed by atoms with E-state index in [0.717, 1.165) is 0 Å². The van der Waals surface area contributed by atoms with E-state index in [4.69, 9.17) is 18.9 Å². The van der Waals surface area contributed by atoms with Gasteiger partial charge < -0.3 is 34.3 Å². The monoisotopic (exact) mass is 504 g/mol. The van der Waals surface area contributed by atoms with Gasteiger partial charge in [-0.15, -0.1) is 0 Å². The number of alkyl carbamates (subject to hydrolysis) is 2. The Hall–Kier alpha value is -3.22. The van der Waals surface area contributed by atoms with Gasteiger partial charge >= 0.3 is 30.1 Å². The molecule has 0 aromatic carbocycles. The Morgan fingerprint density at radius 2 is 1.38 bits per heavy atom. The summed E-state index contributed by atoms with van der Waals surface area (Å²) in [6.45, 7) is 9.49. The number of rotatable bonds is 16. The molecule has 34 heavy (non-hydrogen) atoms. The molecule has 0 aliphatic rings. The highest BCUT2D eigenvalue weighted by Crippen LogP contribution is 2.09. The quantitative estimate of drug-likeness (QED) is 0.135. The summed E-state index contributed by atoms with van der Waals surface area (Å²) in [5, 5.41) is 4.80. The Labute approximate surface area is 202 Å². The second-order valence-corrected chi connectivity index (χ2v) is 7.86. The topological polar surface area (TPSA) is 156 Å². The highest BCUT2D eigenvalue weighted by Gasteiger charge is 2.18. The number of hydrogen-bond acceptors (Lipinski definition) is 11. The smallest absolute Gasteiger partial charge is 0.407 e. The first-order valence-corrected chi connectivity index (χ1v) is 11.4. The predicted molar refractivity (Wildman–Crippen MR) is 123 cm³/mol. The molecule has 0 radical (unpaired) electrons. The minimum Gasteiger partial charge on any atom is -0.469 e. The van der Waals surface area contributed by atoms with Crippen LogP contribution < -0.4 is 10.6 Å². The van der Waals surface area contributed by atoms with E-state index in [9.17, 15) is 24.0 Å². The Kier molecular flexibility index (Phi) is 16.5. The number of nitrogens with one attached hydrogen (secondary N) is 2. The van der Waals surface area contributed by atoms with Crippen LogP contribution in [0.5, 0.6) is 0 Å². The minimum absolute atomic E-state index is 0.00427. The SMILES string of the molecule is C=C(C)C(=O)OCCNC(=O)OCC(CSCCC(=O)OC)OC(=O)NCCOC(=O)C(=C)C. The van der Waals surface area contributed by atoms with Crippen molar-refractivity contribution in [2.24, 2.45) is 0 Å². The summed E-state index contributed by atoms with van der Waals surface area (Å²) in [5.74, 6) is -0.893. The average molecular weight is 505 g/mol. The molecule has 2 amide bonds. The number of carbonyl (C=O) groups excluding carboxylic acids is 5. The Bertz CT molecular complexity index is 741. The van der Waals surface area contributed by atoms with Crippen molar-refractivity contribution >= 4 is 41.9 Å². The lowest BCUT2D eigenvalue weighted by Gasteiger charge is -2.18. The Balaban J connectivity index is 4.46. The molecule has 192 valence electrons. The molecular formula is C21H32N2O10S. The number of amides is 2. The highest BCUT2D eigenvalue weighted by molar-refractivity contribution is 7.99. The van der Waals surface area contributed by atoms with E-state index >= 15 is 0 Å². The summed E-state index contributed by atoms with van der Waals surface area (Å²) >= 11 is 1.30. The summed E-state index contributed by atoms with van der Waals surface area (Å²) in [6, 6.07) is 0. The molecule has 0 aliphatic heterocycles. The van der Waals surface area contributed by atoms with E-state index in [1.807, 2.05) is 0 Å². The average Bonchev–Trinajstić information content (AvgIpc) is 2.79. The van der Waals surface area contributed by atoms with Crippen LogP contribution in [0.15, 0.2) is 24.3 Å². The molecule has 0 aliphatic carbocycles. The number of esters is 3. The molecule has 0 saturated heterocycles. The maximum absolute atomic E-state index is 12.0. The van der Waals surface area contributed by atoms with Gasteiger partial charge in [0, 0.05) is 22.7 Å². The number of ether oxygens (including phenoxy) is 5. The number of carbonyl (C=O) groups is 5. The van der Waals surface area contributed by atoms with Crippen LogP contribution in [0.2, 0.25) is 0 Å². The highest BCUT2D eigenvalue weighted by atomic mass is 32.2. The van der Waals surface area contributed by atoms with Gasteiger partial charge in [-0.05, 0) is 13.8 Å². The minimum atomic E-state index is -0.826. The van der Waals surface area contributed by atoms with Gasteiger partial charge in [0.25, 0.3) is 0 Å². The van der Waals surface area contributed by atoms with Gasteiger partial charge in [-0.1, -0.05) is 13.2 Å². The van der Waals surface area contributed by atoms with E-state index in [1.165, 1.54) is 32.7 Å². The molecule has 0 bridgehead atoms. The maximum Gasteiger partial charge on any atom is 0.407 e. The van der Waals surface area contributed by atoms with Gasteiger partial charge in [-0.25, -0.2) is 19.2 Å². The molecule has 0 aromatic heterocycles. The van der Waals surface area contributed by atoms with Crippen molar-refractivity contribution < 1.29 is 47.7 Å². The standard InChI is InChI=1S/C21H32N2O10S/c1-14(2)18(25)30-9-7-22-20(27)32-12-16(13-34-11-6-17(24)29-5)33-21(28)23-8-10-31-19(26)15(3)4/h16H,1,3,6-13H2,2,4-5H3,(H,22,27)(H,23,28). The first-order chi connectivity index (χ1) is 16.1. The summed E-state index contributed by atoms with van der Waals surface area (Å²) in [5.41, 5.74) is 0.468. The van der Waals surface area contributed by atoms with Crippen molar-refractivity contribution in [1.82, 2.24) is 10.6 Å². The third-order valence-electron chi connectivity index (χ3n) is 3.56. The lowest BCUT2D eigenvalue weighted by atomic mass is 10.4. The van der Waals surface area contributed by atoms with E-state index in [1.54, 1.807) is 0 Å². The molecule has 0 spiro atoms. The summed E-state index contributed by atoms with van der Waals surface area (Å²) in [6.07, 6.45) is -2.27. The molecule has 0 heterocycles. The number of thioether (sulfide) groups is 1. The van der Waals surface area contributed by atoms with Crippen molar-refractivity contribution in [3.8, 4) is 0 Å². The van der Waals surface area contributed by atoms with Gasteiger partial charge in [-0.2, -0.15) is 11.8 Å². The zero-order chi connectivity index (χ0) is 25.9. The third-order valence-corrected chi connectivity index (χ3v) is 4.66. The van der Waals surface area contributed by atoms with Crippen molar-refractivity contribution in [2.45, 2.75) is 26.4 Å². The van der Waals surface area contributed by atoms with Crippen LogP contribution in [-0.2, 0) is 38.1 Å². The zero-order valence-corrected chi connectivity index (χ0v) is 20.5. The third kappa shape index (κ3) is 16.4. The van der Waals surface area contributed by atoms with Crippen LogP contribution in [0.1, 0.15) is 20.3 Å². The lowest BCUT2D eigenvalue weighted by Crippen LogP contribution is -2.37. The second-order valence-electron chi connectivity index (χ2n) is 6.71. The van der Waals surface area contributed by atoms with Crippen LogP contribution in [0.25, 0.3) is 0 Å². The molecule has 13 heteroatoms.